The van der Waals surface area contributed by atoms with E-state index in [0.29, 0.717) is 0 Å². The second kappa shape index (κ2) is 5.32. The molecular formula is C12H16O7. The van der Waals surface area contributed by atoms with Gasteiger partial charge in [-0.05, 0) is 24.3 Å². The molecule has 0 amide bonds. The number of aliphatic hydroxyl groups is 4. The van der Waals surface area contributed by atoms with Crippen molar-refractivity contribution in [1.29, 1.82) is 0 Å². The highest BCUT2D eigenvalue weighted by Gasteiger charge is 2.56. The van der Waals surface area contributed by atoms with Crippen LogP contribution in [0.25, 0.3) is 0 Å². The van der Waals surface area contributed by atoms with Gasteiger partial charge in [0, 0.05) is 0 Å². The molecule has 1 aromatic carbocycles. The van der Waals surface area contributed by atoms with Gasteiger partial charge in [0.2, 0.25) is 0 Å². The predicted molar refractivity (Wildman–Crippen MR) is 62.5 cm³/mol. The lowest BCUT2D eigenvalue weighted by Gasteiger charge is -2.30. The van der Waals surface area contributed by atoms with Gasteiger partial charge in [-0.25, -0.2) is 0 Å². The van der Waals surface area contributed by atoms with Gasteiger partial charge in [0.25, 0.3) is 5.79 Å². The van der Waals surface area contributed by atoms with Crippen molar-refractivity contribution >= 4 is 0 Å². The van der Waals surface area contributed by atoms with Crippen LogP contribution in [0.4, 0.5) is 0 Å². The minimum absolute atomic E-state index is 0.0338. The molecule has 1 aliphatic heterocycles. The second-order valence-corrected chi connectivity index (χ2v) is 4.34. The Kier molecular flexibility index (Phi) is 3.93. The van der Waals surface area contributed by atoms with Crippen LogP contribution in [0.15, 0.2) is 24.3 Å². The third kappa shape index (κ3) is 2.51. The minimum Gasteiger partial charge on any atom is -0.508 e. The van der Waals surface area contributed by atoms with Crippen LogP contribution >= 0.6 is 0 Å². The molecule has 0 aromatic heterocycles. The molecule has 5 N–H and O–H groups in total. The number of aliphatic hydroxyl groups excluding tert-OH is 4. The molecule has 4 atom stereocenters. The zero-order valence-electron chi connectivity index (χ0n) is 10.0. The zero-order valence-corrected chi connectivity index (χ0v) is 10.0. The van der Waals surface area contributed by atoms with Gasteiger partial charge in [0.15, 0.2) is 0 Å². The second-order valence-electron chi connectivity index (χ2n) is 4.34. The predicted octanol–water partition coefficient (Wildman–Crippen LogP) is -1.43. The number of hydrogen-bond donors (Lipinski definition) is 5. The molecule has 0 saturated carbocycles. The van der Waals surface area contributed by atoms with Gasteiger partial charge in [-0.3, -0.25) is 0 Å². The van der Waals surface area contributed by atoms with Crippen LogP contribution in [0.5, 0.6) is 11.5 Å². The fourth-order valence-electron chi connectivity index (χ4n) is 1.97. The highest BCUT2D eigenvalue weighted by Crippen LogP contribution is 2.33. The summed E-state index contributed by atoms with van der Waals surface area (Å²) >= 11 is 0. The molecule has 1 aliphatic rings. The number of phenols is 1. The quantitative estimate of drug-likeness (QED) is 0.456. The first-order valence-electron chi connectivity index (χ1n) is 5.76. The third-order valence-electron chi connectivity index (χ3n) is 3.03. The van der Waals surface area contributed by atoms with Crippen LogP contribution < -0.4 is 4.74 Å². The summed E-state index contributed by atoms with van der Waals surface area (Å²) in [4.78, 5) is 0. The first-order chi connectivity index (χ1) is 9.02. The fourth-order valence-corrected chi connectivity index (χ4v) is 1.97. The Hall–Kier alpha value is -1.38. The Bertz CT molecular complexity index is 421. The maximum atomic E-state index is 9.90. The van der Waals surface area contributed by atoms with Gasteiger partial charge >= 0.3 is 0 Å². The van der Waals surface area contributed by atoms with Crippen molar-refractivity contribution < 1.29 is 35.0 Å². The lowest BCUT2D eigenvalue weighted by Crippen LogP contribution is -2.51. The summed E-state index contributed by atoms with van der Waals surface area (Å²) in [5.41, 5.74) is 0. The van der Waals surface area contributed by atoms with Gasteiger partial charge in [0.1, 0.15) is 36.4 Å². The van der Waals surface area contributed by atoms with Gasteiger partial charge in [-0.15, -0.1) is 0 Å². The monoisotopic (exact) mass is 272 g/mol. The molecule has 2 rings (SSSR count). The minimum atomic E-state index is -1.84. The zero-order chi connectivity index (χ0) is 14.0. The molecule has 0 radical (unpaired) electrons. The summed E-state index contributed by atoms with van der Waals surface area (Å²) in [5.74, 6) is -1.58. The number of ether oxygens (including phenoxy) is 2. The summed E-state index contributed by atoms with van der Waals surface area (Å²) in [6, 6.07) is 5.56. The van der Waals surface area contributed by atoms with Crippen molar-refractivity contribution in [3.63, 3.8) is 0 Å². The first kappa shape index (κ1) is 14.0. The Morgan fingerprint density at radius 3 is 2.26 bits per heavy atom. The Balaban J connectivity index is 2.21. The highest BCUT2D eigenvalue weighted by molar-refractivity contribution is 5.30. The molecule has 1 unspecified atom stereocenters. The molecule has 7 nitrogen and oxygen atoms in total. The van der Waals surface area contributed by atoms with Gasteiger partial charge in [-0.2, -0.15) is 0 Å². The van der Waals surface area contributed by atoms with E-state index >= 15 is 0 Å². The summed E-state index contributed by atoms with van der Waals surface area (Å²) < 4.78 is 10.6. The van der Waals surface area contributed by atoms with Crippen molar-refractivity contribution in [1.82, 2.24) is 0 Å². The van der Waals surface area contributed by atoms with Crippen LogP contribution in [-0.2, 0) is 4.74 Å². The first-order valence-corrected chi connectivity index (χ1v) is 5.76. The van der Waals surface area contributed by atoms with Crippen molar-refractivity contribution in [3.05, 3.63) is 24.3 Å². The van der Waals surface area contributed by atoms with Crippen LogP contribution in [0.2, 0.25) is 0 Å². The number of phenolic OH excluding ortho intramolecular Hbond substituents is 1. The summed E-state index contributed by atoms with van der Waals surface area (Å²) in [6.07, 6.45) is -3.92. The molecule has 0 bridgehead atoms. The summed E-state index contributed by atoms with van der Waals surface area (Å²) in [7, 11) is 0. The van der Waals surface area contributed by atoms with Crippen molar-refractivity contribution in [2.75, 3.05) is 13.2 Å². The molecular weight excluding hydrogens is 256 g/mol. The van der Waals surface area contributed by atoms with Crippen LogP contribution in [-0.4, -0.2) is 62.8 Å². The Morgan fingerprint density at radius 2 is 1.79 bits per heavy atom. The van der Waals surface area contributed by atoms with E-state index in [4.69, 9.17) is 19.7 Å². The molecule has 0 aliphatic carbocycles. The average molecular weight is 272 g/mol. The van der Waals surface area contributed by atoms with E-state index in [1.807, 2.05) is 0 Å². The van der Waals surface area contributed by atoms with Crippen molar-refractivity contribution in [2.24, 2.45) is 0 Å². The van der Waals surface area contributed by atoms with E-state index in [9.17, 15) is 15.3 Å². The van der Waals surface area contributed by atoms with Crippen molar-refractivity contribution in [3.8, 4) is 11.5 Å². The molecule has 1 saturated heterocycles. The lowest BCUT2D eigenvalue weighted by molar-refractivity contribution is -0.230. The molecule has 7 heteroatoms. The standard InChI is InChI=1S/C12H16O7/c13-5-9-10(16)11(17)12(6-14,19-9)18-8-3-1-7(15)2-4-8/h1-4,9-11,13-17H,5-6H2/t9-,10-,11+,12?/m1/s1. The molecule has 1 fully saturated rings. The SMILES string of the molecule is OC[C@H]1OC(CO)(Oc2ccc(O)cc2)[C@@H](O)[C@@H]1O. The number of hydrogen-bond acceptors (Lipinski definition) is 7. The molecule has 1 heterocycles. The third-order valence-corrected chi connectivity index (χ3v) is 3.03. The van der Waals surface area contributed by atoms with Crippen molar-refractivity contribution in [2.45, 2.75) is 24.1 Å². The van der Waals surface area contributed by atoms with E-state index in [1.165, 1.54) is 24.3 Å². The van der Waals surface area contributed by atoms with E-state index in [-0.39, 0.29) is 11.5 Å². The maximum Gasteiger partial charge on any atom is 0.263 e. The number of aromatic hydroxyl groups is 1. The van der Waals surface area contributed by atoms with E-state index in [2.05, 4.69) is 0 Å². The molecule has 1 aromatic rings. The summed E-state index contributed by atoms with van der Waals surface area (Å²) in [6.45, 7) is -1.22. The van der Waals surface area contributed by atoms with Crippen LogP contribution in [0.1, 0.15) is 0 Å². The summed E-state index contributed by atoms with van der Waals surface area (Å²) in [5, 5.41) is 47.1. The normalized spacial score (nSPS) is 34.4. The Morgan fingerprint density at radius 1 is 1.16 bits per heavy atom. The van der Waals surface area contributed by atoms with E-state index < -0.39 is 37.3 Å². The highest BCUT2D eigenvalue weighted by atomic mass is 16.7. The smallest absolute Gasteiger partial charge is 0.263 e. The largest absolute Gasteiger partial charge is 0.508 e. The lowest BCUT2D eigenvalue weighted by atomic mass is 10.1. The van der Waals surface area contributed by atoms with Crippen LogP contribution in [0.3, 0.4) is 0 Å². The Labute approximate surface area is 109 Å². The van der Waals surface area contributed by atoms with E-state index in [1.54, 1.807) is 0 Å². The van der Waals surface area contributed by atoms with E-state index in [0.717, 1.165) is 0 Å². The number of rotatable bonds is 4. The van der Waals surface area contributed by atoms with Gasteiger partial charge in [-0.1, -0.05) is 0 Å². The molecule has 0 spiro atoms. The van der Waals surface area contributed by atoms with Gasteiger partial charge < -0.3 is 35.0 Å². The van der Waals surface area contributed by atoms with Gasteiger partial charge in [0.05, 0.1) is 6.61 Å². The fraction of sp³-hybridized carbons (Fsp3) is 0.500. The molecule has 19 heavy (non-hydrogen) atoms. The number of benzene rings is 1. The van der Waals surface area contributed by atoms with Crippen LogP contribution in [0, 0.1) is 0 Å². The molecule has 106 valence electrons. The average Bonchev–Trinajstić information content (AvgIpc) is 2.67. The maximum absolute atomic E-state index is 9.90. The topological polar surface area (TPSA) is 120 Å².